The molecule has 94 valence electrons. The highest BCUT2D eigenvalue weighted by Crippen LogP contribution is 2.34. The molecule has 3 nitrogen and oxygen atoms in total. The van der Waals surface area contributed by atoms with Crippen LogP contribution in [0.4, 0.5) is 0 Å². The van der Waals surface area contributed by atoms with Gasteiger partial charge in [0.05, 0.1) is 4.34 Å². The van der Waals surface area contributed by atoms with Crippen molar-refractivity contribution >= 4 is 44.6 Å². The van der Waals surface area contributed by atoms with E-state index in [9.17, 15) is 8.42 Å². The molecule has 0 fully saturated rings. The van der Waals surface area contributed by atoms with Crippen molar-refractivity contribution < 1.29 is 8.42 Å². The predicted octanol–water partition coefficient (Wildman–Crippen LogP) is 3.14. The van der Waals surface area contributed by atoms with E-state index in [1.807, 2.05) is 6.92 Å². The molecule has 1 rings (SSSR count). The molecule has 7 heteroatoms. The summed E-state index contributed by atoms with van der Waals surface area (Å²) in [5.41, 5.74) is 0. The second-order valence-corrected chi connectivity index (χ2v) is 7.29. The Bertz CT molecular complexity index is 531. The van der Waals surface area contributed by atoms with E-state index in [4.69, 9.17) is 29.6 Å². The van der Waals surface area contributed by atoms with Crippen LogP contribution in [-0.2, 0) is 10.0 Å². The number of sulfonamides is 1. The lowest BCUT2D eigenvalue weighted by Crippen LogP contribution is -2.34. The monoisotopic (exact) mass is 311 g/mol. The van der Waals surface area contributed by atoms with E-state index in [-0.39, 0.29) is 15.3 Å². The Hall–Kier alpha value is -0.250. The molecule has 0 spiro atoms. The van der Waals surface area contributed by atoms with E-state index in [0.717, 1.165) is 11.3 Å². The number of hydrogen-bond donors (Lipinski definition) is 1. The first-order chi connectivity index (χ1) is 7.90. The van der Waals surface area contributed by atoms with E-state index in [2.05, 4.69) is 10.6 Å². The van der Waals surface area contributed by atoms with Gasteiger partial charge in [0.25, 0.3) is 0 Å². The summed E-state index contributed by atoms with van der Waals surface area (Å²) in [6, 6.07) is 1.04. The van der Waals surface area contributed by atoms with E-state index >= 15 is 0 Å². The fourth-order valence-corrected chi connectivity index (χ4v) is 4.67. The van der Waals surface area contributed by atoms with Crippen molar-refractivity contribution in [2.45, 2.75) is 30.7 Å². The molecule has 0 saturated carbocycles. The largest absolute Gasteiger partial charge is 0.243 e. The number of thiophene rings is 1. The van der Waals surface area contributed by atoms with Gasteiger partial charge in [0.15, 0.2) is 0 Å². The average Bonchev–Trinajstić information content (AvgIpc) is 2.57. The molecule has 1 aromatic heterocycles. The molecule has 0 radical (unpaired) electrons. The average molecular weight is 312 g/mol. The topological polar surface area (TPSA) is 46.2 Å². The third-order valence-electron chi connectivity index (χ3n) is 2.09. The second kappa shape index (κ2) is 6.07. The van der Waals surface area contributed by atoms with Crippen LogP contribution in [0.5, 0.6) is 0 Å². The highest BCUT2D eigenvalue weighted by atomic mass is 35.5. The summed E-state index contributed by atoms with van der Waals surface area (Å²) in [5, 5.41) is 0. The highest BCUT2D eigenvalue weighted by Gasteiger charge is 2.23. The van der Waals surface area contributed by atoms with Gasteiger partial charge in [-0.2, -0.15) is 0 Å². The van der Waals surface area contributed by atoms with Gasteiger partial charge in [-0.05, 0) is 12.5 Å². The molecule has 17 heavy (non-hydrogen) atoms. The lowest BCUT2D eigenvalue weighted by molar-refractivity contribution is 0.544. The van der Waals surface area contributed by atoms with Crippen molar-refractivity contribution in [1.82, 2.24) is 4.72 Å². The summed E-state index contributed by atoms with van der Waals surface area (Å²) in [5.74, 6) is 2.43. The zero-order chi connectivity index (χ0) is 13.1. The van der Waals surface area contributed by atoms with Gasteiger partial charge in [0, 0.05) is 12.5 Å². The van der Waals surface area contributed by atoms with Gasteiger partial charge in [0.1, 0.15) is 9.23 Å². The molecule has 1 N–H and O–H groups in total. The Morgan fingerprint density at radius 3 is 2.65 bits per heavy atom. The van der Waals surface area contributed by atoms with Gasteiger partial charge in [-0.15, -0.1) is 23.7 Å². The first-order valence-corrected chi connectivity index (χ1v) is 7.87. The molecule has 1 heterocycles. The zero-order valence-corrected chi connectivity index (χ0v) is 12.2. The van der Waals surface area contributed by atoms with Gasteiger partial charge in [-0.1, -0.05) is 30.1 Å². The zero-order valence-electron chi connectivity index (χ0n) is 9.04. The number of rotatable bonds is 5. The number of halogens is 2. The molecular weight excluding hydrogens is 301 g/mol. The van der Waals surface area contributed by atoms with Crippen LogP contribution in [0.3, 0.4) is 0 Å². The van der Waals surface area contributed by atoms with Gasteiger partial charge in [0.2, 0.25) is 10.0 Å². The van der Waals surface area contributed by atoms with Gasteiger partial charge in [-0.3, -0.25) is 0 Å². The fourth-order valence-electron chi connectivity index (χ4n) is 1.20. The minimum Gasteiger partial charge on any atom is -0.207 e. The van der Waals surface area contributed by atoms with Crippen molar-refractivity contribution in [3.63, 3.8) is 0 Å². The Morgan fingerprint density at radius 2 is 2.24 bits per heavy atom. The first kappa shape index (κ1) is 14.8. The van der Waals surface area contributed by atoms with Gasteiger partial charge in [-0.25, -0.2) is 13.1 Å². The minimum absolute atomic E-state index is 0.00429. The highest BCUT2D eigenvalue weighted by molar-refractivity contribution is 7.89. The number of hydrogen-bond acceptors (Lipinski definition) is 3. The molecule has 0 aromatic carbocycles. The molecular formula is C10H11Cl2NO2S2. The quantitative estimate of drug-likeness (QED) is 0.849. The summed E-state index contributed by atoms with van der Waals surface area (Å²) in [7, 11) is -3.66. The molecule has 1 unspecified atom stereocenters. The third kappa shape index (κ3) is 3.87. The Balaban J connectivity index is 2.97. The SMILES string of the molecule is C#CCC(CC)NS(=O)(=O)c1cc(Cl)sc1Cl. The first-order valence-electron chi connectivity index (χ1n) is 4.81. The van der Waals surface area contributed by atoms with Crippen LogP contribution in [0.25, 0.3) is 0 Å². The van der Waals surface area contributed by atoms with Gasteiger partial charge >= 0.3 is 0 Å². The normalized spacial score (nSPS) is 13.3. The lowest BCUT2D eigenvalue weighted by Gasteiger charge is -2.13. The molecule has 0 amide bonds. The molecule has 0 aliphatic carbocycles. The third-order valence-corrected chi connectivity index (χ3v) is 5.37. The molecule has 0 bridgehead atoms. The van der Waals surface area contributed by atoms with E-state index in [1.165, 1.54) is 6.07 Å². The van der Waals surface area contributed by atoms with Crippen molar-refractivity contribution in [2.24, 2.45) is 0 Å². The van der Waals surface area contributed by atoms with Crippen molar-refractivity contribution in [2.75, 3.05) is 0 Å². The van der Waals surface area contributed by atoms with E-state index in [1.54, 1.807) is 0 Å². The summed E-state index contributed by atoms with van der Waals surface area (Å²) < 4.78 is 27.0. The Labute approximate surface area is 115 Å². The molecule has 0 aliphatic heterocycles. The summed E-state index contributed by atoms with van der Waals surface area (Å²) in [6.07, 6.45) is 6.12. The molecule has 0 saturated heterocycles. The van der Waals surface area contributed by atoms with Gasteiger partial charge < -0.3 is 0 Å². The maximum Gasteiger partial charge on any atom is 0.243 e. The predicted molar refractivity (Wildman–Crippen MR) is 72.2 cm³/mol. The van der Waals surface area contributed by atoms with Crippen molar-refractivity contribution in [1.29, 1.82) is 0 Å². The standard InChI is InChI=1S/C10H11Cl2NO2S2/c1-3-5-7(4-2)13-17(14,15)8-6-9(11)16-10(8)12/h1,6-7,13H,4-5H2,2H3. The van der Waals surface area contributed by atoms with Crippen LogP contribution < -0.4 is 4.72 Å². The van der Waals surface area contributed by atoms with Crippen molar-refractivity contribution in [3.8, 4) is 12.3 Å². The van der Waals surface area contributed by atoms with E-state index in [0.29, 0.717) is 17.2 Å². The number of terminal acetylenes is 1. The Morgan fingerprint density at radius 1 is 1.59 bits per heavy atom. The van der Waals surface area contributed by atoms with Crippen LogP contribution in [0.15, 0.2) is 11.0 Å². The van der Waals surface area contributed by atoms with E-state index < -0.39 is 10.0 Å². The second-order valence-electron chi connectivity index (χ2n) is 3.32. The van der Waals surface area contributed by atoms with Crippen LogP contribution >= 0.6 is 34.5 Å². The summed E-state index contributed by atoms with van der Waals surface area (Å²) in [4.78, 5) is 0.00429. The maximum atomic E-state index is 12.0. The Kier molecular flexibility index (Phi) is 5.29. The maximum absolute atomic E-state index is 12.0. The summed E-state index contributed by atoms with van der Waals surface area (Å²) >= 11 is 12.5. The van der Waals surface area contributed by atoms with Crippen molar-refractivity contribution in [3.05, 3.63) is 14.7 Å². The number of nitrogens with one attached hydrogen (secondary N) is 1. The van der Waals surface area contributed by atoms with Crippen LogP contribution in [0, 0.1) is 12.3 Å². The molecule has 1 aromatic rings. The van der Waals surface area contributed by atoms with Crippen LogP contribution in [0.2, 0.25) is 8.67 Å². The van der Waals surface area contributed by atoms with Crippen LogP contribution in [0.1, 0.15) is 19.8 Å². The molecule has 1 atom stereocenters. The smallest absolute Gasteiger partial charge is 0.207 e. The lowest BCUT2D eigenvalue weighted by atomic mass is 10.2. The van der Waals surface area contributed by atoms with Crippen LogP contribution in [-0.4, -0.2) is 14.5 Å². The molecule has 0 aliphatic rings. The fraction of sp³-hybridized carbons (Fsp3) is 0.400. The minimum atomic E-state index is -3.66. The summed E-state index contributed by atoms with van der Waals surface area (Å²) in [6.45, 7) is 1.85.